The van der Waals surface area contributed by atoms with Crippen LogP contribution in [0.3, 0.4) is 0 Å². The van der Waals surface area contributed by atoms with Crippen LogP contribution in [0, 0.1) is 0 Å². The first-order valence-electron chi connectivity index (χ1n) is 24.6. The van der Waals surface area contributed by atoms with Gasteiger partial charge >= 0.3 is 0 Å². The lowest BCUT2D eigenvalue weighted by Gasteiger charge is -2.54. The number of rotatable bonds is 24. The second kappa shape index (κ2) is 23.7. The van der Waals surface area contributed by atoms with Crippen LogP contribution in [0.2, 0.25) is 0 Å². The van der Waals surface area contributed by atoms with Gasteiger partial charge in [-0.3, -0.25) is 28.6 Å². The number of carbonyl (C=O) groups excluding carboxylic acids is 3. The van der Waals surface area contributed by atoms with Crippen LogP contribution in [0.5, 0.6) is 11.5 Å². The fraction of sp³-hybridized carbons (Fsp3) is 0.316. The molecule has 9 rings (SSSR count). The molecule has 1 aliphatic heterocycles. The van der Waals surface area contributed by atoms with Crippen molar-refractivity contribution in [1.82, 2.24) is 39.8 Å². The Morgan fingerprint density at radius 2 is 1.19 bits per heavy atom. The Balaban J connectivity index is 0.819. The molecule has 2 atom stereocenters. The van der Waals surface area contributed by atoms with Crippen molar-refractivity contribution in [3.63, 3.8) is 0 Å². The number of amides is 1. The molecule has 13 heteroatoms. The molecule has 3 aromatic carbocycles. The van der Waals surface area contributed by atoms with E-state index in [0.717, 1.165) is 66.6 Å². The van der Waals surface area contributed by atoms with Crippen LogP contribution < -0.4 is 9.47 Å². The molecule has 1 saturated heterocycles. The van der Waals surface area contributed by atoms with Crippen LogP contribution in [0.1, 0.15) is 95.5 Å². The maximum atomic E-state index is 14.5. The number of carbonyl (C=O) groups is 3. The highest BCUT2D eigenvalue weighted by molar-refractivity contribution is 6.05. The summed E-state index contributed by atoms with van der Waals surface area (Å²) in [6.45, 7) is 2.90. The summed E-state index contributed by atoms with van der Waals surface area (Å²) < 4.78 is 15.7. The first-order chi connectivity index (χ1) is 34.4. The number of benzene rings is 3. The fourth-order valence-corrected chi connectivity index (χ4v) is 9.35. The molecule has 3 heterocycles. The highest BCUT2D eigenvalue weighted by Gasteiger charge is 2.52. The average Bonchev–Trinajstić information content (AvgIpc) is 4.26. The van der Waals surface area contributed by atoms with Gasteiger partial charge in [-0.1, -0.05) is 121 Å². The standard InChI is InChI=1S/C57H60N8O5/c66-54(33-22-44-15-7-8-16-44)46-24-28-51(29-25-46)69-37-11-35-63-41-48(58-60-63)39-62(56-53(32-21-43-13-3-1-4-14-43)65(57(56)68)50-19-5-2-6-20-50)40-49-42-64(61-59-49)36-12-38-70-52-30-26-47(27-31-52)55(67)34-23-45-17-9-10-18-45/h1,3-4,7,9,13-18,21-34,41-42,50,53,56H,2,5-6,8,10-12,19-20,35-40H2/b32-21+,33-22+,34-23+/t53-,56+/m1/s1. The minimum absolute atomic E-state index is 0.0471. The van der Waals surface area contributed by atoms with Crippen molar-refractivity contribution in [2.75, 3.05) is 13.2 Å². The van der Waals surface area contributed by atoms with E-state index in [0.29, 0.717) is 74.9 Å². The Kier molecular flexibility index (Phi) is 16.1. The van der Waals surface area contributed by atoms with E-state index in [4.69, 9.17) is 9.47 Å². The van der Waals surface area contributed by atoms with E-state index in [2.05, 4.69) is 79.0 Å². The van der Waals surface area contributed by atoms with E-state index in [-0.39, 0.29) is 29.6 Å². The third-order valence-corrected chi connectivity index (χ3v) is 13.0. The molecule has 0 N–H and O–H groups in total. The third kappa shape index (κ3) is 12.8. The number of hydrogen-bond donors (Lipinski definition) is 0. The zero-order chi connectivity index (χ0) is 47.9. The largest absolute Gasteiger partial charge is 0.494 e. The van der Waals surface area contributed by atoms with E-state index < -0.39 is 6.04 Å². The monoisotopic (exact) mass is 936 g/mol. The lowest BCUT2D eigenvalue weighted by Crippen LogP contribution is -2.72. The van der Waals surface area contributed by atoms with E-state index in [1.807, 2.05) is 88.5 Å². The third-order valence-electron chi connectivity index (χ3n) is 13.0. The minimum atomic E-state index is -0.418. The van der Waals surface area contributed by atoms with Crippen molar-refractivity contribution < 1.29 is 23.9 Å². The van der Waals surface area contributed by atoms with Crippen LogP contribution in [-0.4, -0.2) is 88.6 Å². The predicted octanol–water partition coefficient (Wildman–Crippen LogP) is 9.69. The van der Waals surface area contributed by atoms with Crippen molar-refractivity contribution in [2.45, 2.75) is 102 Å². The molecular weight excluding hydrogens is 877 g/mol. The number of ether oxygens (including phenoxy) is 2. The molecule has 70 heavy (non-hydrogen) atoms. The van der Waals surface area contributed by atoms with Gasteiger partial charge in [-0.25, -0.2) is 0 Å². The van der Waals surface area contributed by atoms with Crippen molar-refractivity contribution in [3.05, 3.63) is 197 Å². The van der Waals surface area contributed by atoms with Crippen molar-refractivity contribution in [2.24, 2.45) is 0 Å². The summed E-state index contributed by atoms with van der Waals surface area (Å²) in [6.07, 6.45) is 36.1. The van der Waals surface area contributed by atoms with Gasteiger partial charge in [0, 0.05) is 68.6 Å². The maximum absolute atomic E-state index is 14.5. The van der Waals surface area contributed by atoms with Gasteiger partial charge < -0.3 is 14.4 Å². The number of ketones is 2. The average molecular weight is 937 g/mol. The van der Waals surface area contributed by atoms with Gasteiger partial charge in [0.25, 0.3) is 0 Å². The Bertz CT molecular complexity index is 2650. The van der Waals surface area contributed by atoms with Crippen molar-refractivity contribution in [1.29, 1.82) is 0 Å². The van der Waals surface area contributed by atoms with Gasteiger partial charge in [0.1, 0.15) is 17.5 Å². The zero-order valence-corrected chi connectivity index (χ0v) is 39.5. The number of aryl methyl sites for hydroxylation is 2. The second-order valence-electron chi connectivity index (χ2n) is 18.1. The Morgan fingerprint density at radius 1 is 0.657 bits per heavy atom. The first-order valence-corrected chi connectivity index (χ1v) is 24.6. The lowest BCUT2D eigenvalue weighted by molar-refractivity contribution is -0.162. The highest BCUT2D eigenvalue weighted by atomic mass is 16.5. The summed E-state index contributed by atoms with van der Waals surface area (Å²) >= 11 is 0. The number of hydrogen-bond acceptors (Lipinski definition) is 10. The van der Waals surface area contributed by atoms with Crippen LogP contribution in [-0.2, 0) is 31.0 Å². The molecule has 358 valence electrons. The quantitative estimate of drug-likeness (QED) is 0.0255. The van der Waals surface area contributed by atoms with Gasteiger partial charge in [0.05, 0.1) is 30.6 Å². The van der Waals surface area contributed by atoms with Crippen molar-refractivity contribution in [3.8, 4) is 11.5 Å². The summed E-state index contributed by atoms with van der Waals surface area (Å²) in [5.41, 5.74) is 5.91. The molecule has 2 aromatic heterocycles. The molecule has 4 aliphatic rings. The first kappa shape index (κ1) is 47.6. The van der Waals surface area contributed by atoms with E-state index in [1.54, 1.807) is 36.4 Å². The number of nitrogens with zero attached hydrogens (tertiary/aromatic N) is 8. The molecule has 0 unspecified atom stereocenters. The summed E-state index contributed by atoms with van der Waals surface area (Å²) in [5, 5.41) is 18.1. The predicted molar refractivity (Wildman–Crippen MR) is 270 cm³/mol. The van der Waals surface area contributed by atoms with Gasteiger partial charge in [0.15, 0.2) is 11.6 Å². The SMILES string of the molecule is O=C(/C=C/C1=CCC=C1)c1ccc(OCCCn2cc(CN(Cc3cn(CCCOc4ccc(C(=O)/C=C/C5=CCC=C5)cc4)nn3)[C@@H]3C(=O)N(C4CCCCC4)[C@@H]3/C=C/c3ccccc3)nn2)cc1. The summed E-state index contributed by atoms with van der Waals surface area (Å²) in [4.78, 5) is 44.0. The van der Waals surface area contributed by atoms with Gasteiger partial charge in [0.2, 0.25) is 5.91 Å². The van der Waals surface area contributed by atoms with Crippen molar-refractivity contribution >= 4 is 23.5 Å². The normalized spacial score (nSPS) is 18.1. The molecule has 13 nitrogen and oxygen atoms in total. The maximum Gasteiger partial charge on any atom is 0.243 e. The number of aromatic nitrogens is 6. The number of β-lactam (4-membered cyclic amide) rings is 1. The second-order valence-corrected chi connectivity index (χ2v) is 18.1. The smallest absolute Gasteiger partial charge is 0.243 e. The van der Waals surface area contributed by atoms with Crippen LogP contribution >= 0.6 is 0 Å². The van der Waals surface area contributed by atoms with Gasteiger partial charge in [-0.2, -0.15) is 0 Å². The molecule has 1 amide bonds. The Hall–Kier alpha value is -7.51. The molecular formula is C57H60N8O5. The highest BCUT2D eigenvalue weighted by Crippen LogP contribution is 2.36. The number of allylic oxidation sites excluding steroid dienone is 12. The fourth-order valence-electron chi connectivity index (χ4n) is 9.35. The van der Waals surface area contributed by atoms with Crippen LogP contribution in [0.15, 0.2) is 169 Å². The van der Waals surface area contributed by atoms with E-state index in [9.17, 15) is 14.4 Å². The van der Waals surface area contributed by atoms with E-state index >= 15 is 0 Å². The molecule has 0 spiro atoms. The van der Waals surface area contributed by atoms with E-state index in [1.165, 1.54) is 6.42 Å². The van der Waals surface area contributed by atoms with Gasteiger partial charge in [-0.05, 0) is 103 Å². The molecule has 0 radical (unpaired) electrons. The zero-order valence-electron chi connectivity index (χ0n) is 39.5. The molecule has 2 fully saturated rings. The molecule has 3 aliphatic carbocycles. The molecule has 1 saturated carbocycles. The molecule has 5 aromatic rings. The summed E-state index contributed by atoms with van der Waals surface area (Å²) in [6, 6.07) is 24.4. The summed E-state index contributed by atoms with van der Waals surface area (Å²) in [7, 11) is 0. The molecule has 0 bridgehead atoms. The summed E-state index contributed by atoms with van der Waals surface area (Å²) in [5.74, 6) is 1.43. The minimum Gasteiger partial charge on any atom is -0.494 e. The lowest BCUT2D eigenvalue weighted by atomic mass is 9.84. The van der Waals surface area contributed by atoms with Crippen LogP contribution in [0.25, 0.3) is 6.08 Å². The number of likely N-dealkylation sites (tertiary alicyclic amines) is 1. The Labute approximate surface area is 409 Å². The van der Waals surface area contributed by atoms with Crippen LogP contribution in [0.4, 0.5) is 0 Å². The topological polar surface area (TPSA) is 138 Å². The Morgan fingerprint density at radius 3 is 1.69 bits per heavy atom. The van der Waals surface area contributed by atoms with Gasteiger partial charge in [-0.15, -0.1) is 10.2 Å².